The van der Waals surface area contributed by atoms with Crippen LogP contribution in [0.15, 0.2) is 48.9 Å². The minimum atomic E-state index is 0.405. The van der Waals surface area contributed by atoms with Crippen LogP contribution in [0.25, 0.3) is 0 Å². The standard InChI is InChI=1S/C19H22N4/c1-14(2)19-9-18(11-20-22-19)8-16-4-6-17(7-5-16)13-23-12-15(3)10-21-23/h4-7,9-12,14H,8,13H2,1-3H3. The molecule has 3 aromatic rings. The molecule has 0 saturated carbocycles. The molecular weight excluding hydrogens is 284 g/mol. The summed E-state index contributed by atoms with van der Waals surface area (Å²) in [5.74, 6) is 0.405. The molecular formula is C19H22N4. The van der Waals surface area contributed by atoms with E-state index in [1.807, 2.05) is 17.1 Å². The van der Waals surface area contributed by atoms with E-state index in [2.05, 4.69) is 72.6 Å². The van der Waals surface area contributed by atoms with Crippen LogP contribution in [0.4, 0.5) is 0 Å². The SMILES string of the molecule is Cc1cnn(Cc2ccc(Cc3cnnc(C(C)C)c3)cc2)c1. The Hall–Kier alpha value is -2.49. The van der Waals surface area contributed by atoms with Crippen molar-refractivity contribution in [2.45, 2.75) is 39.7 Å². The van der Waals surface area contributed by atoms with Crippen molar-refractivity contribution in [3.8, 4) is 0 Å². The van der Waals surface area contributed by atoms with E-state index in [0.717, 1.165) is 18.7 Å². The molecule has 0 aliphatic carbocycles. The number of hydrogen-bond donors (Lipinski definition) is 0. The summed E-state index contributed by atoms with van der Waals surface area (Å²) in [6.45, 7) is 7.14. The predicted molar refractivity (Wildman–Crippen MR) is 91.4 cm³/mol. The van der Waals surface area contributed by atoms with Gasteiger partial charge in [0.05, 0.1) is 24.6 Å². The van der Waals surface area contributed by atoms with Crippen LogP contribution < -0.4 is 0 Å². The van der Waals surface area contributed by atoms with Crippen LogP contribution in [-0.4, -0.2) is 20.0 Å². The Morgan fingerprint density at radius 1 is 1.00 bits per heavy atom. The maximum Gasteiger partial charge on any atom is 0.0659 e. The number of aromatic nitrogens is 4. The summed E-state index contributed by atoms with van der Waals surface area (Å²) in [5.41, 5.74) is 5.99. The summed E-state index contributed by atoms with van der Waals surface area (Å²) < 4.78 is 1.96. The quantitative estimate of drug-likeness (QED) is 0.721. The van der Waals surface area contributed by atoms with Crippen LogP contribution in [0.2, 0.25) is 0 Å². The zero-order valence-corrected chi connectivity index (χ0v) is 13.9. The first kappa shape index (κ1) is 15.4. The van der Waals surface area contributed by atoms with E-state index in [-0.39, 0.29) is 0 Å². The first-order valence-corrected chi connectivity index (χ1v) is 7.98. The Bertz CT molecular complexity index is 772. The summed E-state index contributed by atoms with van der Waals surface area (Å²) in [7, 11) is 0. The minimum Gasteiger partial charge on any atom is -0.268 e. The molecule has 0 atom stereocenters. The van der Waals surface area contributed by atoms with Gasteiger partial charge in [-0.3, -0.25) is 4.68 Å². The lowest BCUT2D eigenvalue weighted by atomic mass is 10.0. The smallest absolute Gasteiger partial charge is 0.0659 e. The molecule has 0 aliphatic heterocycles. The highest BCUT2D eigenvalue weighted by molar-refractivity contribution is 5.28. The fraction of sp³-hybridized carbons (Fsp3) is 0.316. The van der Waals surface area contributed by atoms with E-state index in [0.29, 0.717) is 5.92 Å². The third kappa shape index (κ3) is 4.03. The maximum absolute atomic E-state index is 4.33. The van der Waals surface area contributed by atoms with Crippen molar-refractivity contribution in [1.82, 2.24) is 20.0 Å². The van der Waals surface area contributed by atoms with E-state index in [9.17, 15) is 0 Å². The lowest BCUT2D eigenvalue weighted by Gasteiger charge is -2.07. The van der Waals surface area contributed by atoms with Crippen molar-refractivity contribution in [2.75, 3.05) is 0 Å². The monoisotopic (exact) mass is 306 g/mol. The van der Waals surface area contributed by atoms with Gasteiger partial charge in [0.15, 0.2) is 0 Å². The molecule has 0 aliphatic rings. The van der Waals surface area contributed by atoms with Gasteiger partial charge in [-0.25, -0.2) is 0 Å². The molecule has 2 aromatic heterocycles. The van der Waals surface area contributed by atoms with E-state index < -0.39 is 0 Å². The van der Waals surface area contributed by atoms with E-state index in [4.69, 9.17) is 0 Å². The first-order chi connectivity index (χ1) is 11.1. The highest BCUT2D eigenvalue weighted by Gasteiger charge is 2.04. The summed E-state index contributed by atoms with van der Waals surface area (Å²) in [6, 6.07) is 10.9. The highest BCUT2D eigenvalue weighted by atomic mass is 15.3. The third-order valence-corrected chi connectivity index (χ3v) is 3.86. The van der Waals surface area contributed by atoms with Crippen LogP contribution in [-0.2, 0) is 13.0 Å². The molecule has 0 radical (unpaired) electrons. The zero-order chi connectivity index (χ0) is 16.2. The Morgan fingerprint density at radius 2 is 1.74 bits per heavy atom. The van der Waals surface area contributed by atoms with Gasteiger partial charge in [-0.05, 0) is 47.6 Å². The summed E-state index contributed by atoms with van der Waals surface area (Å²) in [6.07, 6.45) is 6.68. The molecule has 0 fully saturated rings. The molecule has 0 saturated heterocycles. The molecule has 4 nitrogen and oxygen atoms in total. The third-order valence-electron chi connectivity index (χ3n) is 3.86. The van der Waals surface area contributed by atoms with Crippen molar-refractivity contribution in [3.05, 3.63) is 76.9 Å². The van der Waals surface area contributed by atoms with Crippen LogP contribution in [0.1, 0.15) is 47.7 Å². The number of nitrogens with zero attached hydrogens (tertiary/aromatic N) is 4. The summed E-state index contributed by atoms with van der Waals surface area (Å²) >= 11 is 0. The Morgan fingerprint density at radius 3 is 2.39 bits per heavy atom. The van der Waals surface area contributed by atoms with Gasteiger partial charge in [0.2, 0.25) is 0 Å². The Labute approximate surface area is 137 Å². The molecule has 1 aromatic carbocycles. The van der Waals surface area contributed by atoms with Gasteiger partial charge in [-0.2, -0.15) is 15.3 Å². The van der Waals surface area contributed by atoms with E-state index >= 15 is 0 Å². The molecule has 0 bridgehead atoms. The minimum absolute atomic E-state index is 0.405. The molecule has 0 amide bonds. The molecule has 2 heterocycles. The number of rotatable bonds is 5. The number of benzene rings is 1. The van der Waals surface area contributed by atoms with Gasteiger partial charge in [-0.15, -0.1) is 0 Å². The molecule has 0 unspecified atom stereocenters. The average Bonchev–Trinajstić information content (AvgIpc) is 2.94. The zero-order valence-electron chi connectivity index (χ0n) is 13.9. The average molecular weight is 306 g/mol. The highest BCUT2D eigenvalue weighted by Crippen LogP contribution is 2.15. The van der Waals surface area contributed by atoms with Crippen LogP contribution in [0.5, 0.6) is 0 Å². The maximum atomic E-state index is 4.33. The van der Waals surface area contributed by atoms with E-state index in [1.54, 1.807) is 0 Å². The van der Waals surface area contributed by atoms with Crippen molar-refractivity contribution >= 4 is 0 Å². The number of aryl methyl sites for hydroxylation is 1. The summed E-state index contributed by atoms with van der Waals surface area (Å²) in [4.78, 5) is 0. The summed E-state index contributed by atoms with van der Waals surface area (Å²) in [5, 5.41) is 12.6. The molecule has 4 heteroatoms. The second-order valence-electron chi connectivity index (χ2n) is 6.35. The lowest BCUT2D eigenvalue weighted by Crippen LogP contribution is -2.01. The lowest BCUT2D eigenvalue weighted by molar-refractivity contribution is 0.686. The normalized spacial score (nSPS) is 11.1. The van der Waals surface area contributed by atoms with Crippen LogP contribution >= 0.6 is 0 Å². The molecule has 3 rings (SSSR count). The van der Waals surface area contributed by atoms with Crippen molar-refractivity contribution in [3.63, 3.8) is 0 Å². The van der Waals surface area contributed by atoms with Gasteiger partial charge in [-0.1, -0.05) is 38.1 Å². The Kier molecular flexibility index (Phi) is 4.51. The Balaban J connectivity index is 1.68. The van der Waals surface area contributed by atoms with Crippen molar-refractivity contribution < 1.29 is 0 Å². The molecule has 0 N–H and O–H groups in total. The van der Waals surface area contributed by atoms with E-state index in [1.165, 1.54) is 22.3 Å². The van der Waals surface area contributed by atoms with Crippen LogP contribution in [0, 0.1) is 6.92 Å². The van der Waals surface area contributed by atoms with Gasteiger partial charge in [0.25, 0.3) is 0 Å². The van der Waals surface area contributed by atoms with Gasteiger partial charge in [0.1, 0.15) is 0 Å². The first-order valence-electron chi connectivity index (χ1n) is 7.98. The molecule has 118 valence electrons. The predicted octanol–water partition coefficient (Wildman–Crippen LogP) is 3.74. The second kappa shape index (κ2) is 6.73. The fourth-order valence-electron chi connectivity index (χ4n) is 2.54. The van der Waals surface area contributed by atoms with Gasteiger partial charge in [0, 0.05) is 6.20 Å². The number of hydrogen-bond acceptors (Lipinski definition) is 3. The van der Waals surface area contributed by atoms with Crippen molar-refractivity contribution in [1.29, 1.82) is 0 Å². The molecule has 23 heavy (non-hydrogen) atoms. The molecule has 0 spiro atoms. The van der Waals surface area contributed by atoms with Crippen LogP contribution in [0.3, 0.4) is 0 Å². The van der Waals surface area contributed by atoms with Gasteiger partial charge < -0.3 is 0 Å². The van der Waals surface area contributed by atoms with Crippen molar-refractivity contribution in [2.24, 2.45) is 0 Å². The second-order valence-corrected chi connectivity index (χ2v) is 6.35. The largest absolute Gasteiger partial charge is 0.268 e. The topological polar surface area (TPSA) is 43.6 Å². The fourth-order valence-corrected chi connectivity index (χ4v) is 2.54. The van der Waals surface area contributed by atoms with Gasteiger partial charge >= 0.3 is 0 Å².